The molecule has 0 aromatic heterocycles. The van der Waals surface area contributed by atoms with Crippen molar-refractivity contribution in [2.45, 2.75) is 341 Å². The van der Waals surface area contributed by atoms with Crippen LogP contribution < -0.4 is 0 Å². The Morgan fingerprint density at radius 2 is 0.512 bits per heavy atom. The van der Waals surface area contributed by atoms with E-state index in [1.165, 1.54) is 193 Å². The second kappa shape index (κ2) is 73.3. The van der Waals surface area contributed by atoms with Gasteiger partial charge in [0.1, 0.15) is 6.61 Å². The predicted octanol–water partition coefficient (Wildman–Crippen LogP) is 25.1. The summed E-state index contributed by atoms with van der Waals surface area (Å²) < 4.78 is 10.7. The molecule has 0 saturated heterocycles. The number of carbonyl (C=O) groups is 2. The highest BCUT2D eigenvalue weighted by Crippen LogP contribution is 2.18. The largest absolute Gasteiger partial charge is 0.462 e. The summed E-state index contributed by atoms with van der Waals surface area (Å²) in [5, 5.41) is 9.70. The number of hydrogen-bond acceptors (Lipinski definition) is 5. The Labute approximate surface area is 521 Å². The van der Waals surface area contributed by atoms with Crippen molar-refractivity contribution in [3.63, 3.8) is 0 Å². The van der Waals surface area contributed by atoms with Crippen LogP contribution in [0.4, 0.5) is 0 Å². The molecule has 0 amide bonds. The van der Waals surface area contributed by atoms with Crippen molar-refractivity contribution < 1.29 is 24.2 Å². The number of hydrogen-bond donors (Lipinski definition) is 1. The highest BCUT2D eigenvalue weighted by Gasteiger charge is 2.16. The van der Waals surface area contributed by atoms with Crippen LogP contribution in [0.3, 0.4) is 0 Å². The van der Waals surface area contributed by atoms with Gasteiger partial charge in [-0.15, -0.1) is 0 Å². The maximum absolute atomic E-state index is 12.3. The molecule has 84 heavy (non-hydrogen) atoms. The quantitative estimate of drug-likeness (QED) is 0.0373. The fourth-order valence-corrected chi connectivity index (χ4v) is 10.1. The standard InChI is InChI=1S/C79H134O5/c1-3-5-7-9-11-13-15-17-19-21-23-25-27-29-31-33-34-35-36-37-38-39-40-41-42-43-44-46-47-49-51-53-55-57-59-61-63-65-67-69-71-73-78(81)83-76-77(75-80)84-79(82)74-72-70-68-66-64-62-60-58-56-54-52-50-48-45-32-30-28-26-24-22-20-18-16-14-12-10-8-6-4-2/h6,8,12,14-15,17-18,20-21,23-24,26-27,29-30,32,48,50,54,56,60,62,77,80H,3-5,7,9-11,13,16,19,22,25,28,31,33-47,49,51-53,55,57-59,61,63-76H2,1-2H3/b8-6-,14-12-,17-15-,20-18-,23-21-,26-24-,29-27-,32-30-,50-48-,56-54-,62-60-. The van der Waals surface area contributed by atoms with Crippen LogP contribution in [-0.2, 0) is 19.1 Å². The van der Waals surface area contributed by atoms with Crippen molar-refractivity contribution in [1.82, 2.24) is 0 Å². The van der Waals surface area contributed by atoms with Crippen LogP contribution in [-0.4, -0.2) is 36.4 Å². The van der Waals surface area contributed by atoms with Gasteiger partial charge >= 0.3 is 11.9 Å². The van der Waals surface area contributed by atoms with Crippen LogP contribution in [0.25, 0.3) is 0 Å². The third kappa shape index (κ3) is 70.5. The molecule has 0 aromatic rings. The van der Waals surface area contributed by atoms with E-state index < -0.39 is 6.10 Å². The van der Waals surface area contributed by atoms with Crippen LogP contribution in [0.15, 0.2) is 134 Å². The van der Waals surface area contributed by atoms with Gasteiger partial charge in [-0.3, -0.25) is 9.59 Å². The number of rotatable bonds is 65. The summed E-state index contributed by atoms with van der Waals surface area (Å²) in [6.45, 7) is 4.01. The average molecular weight is 1160 g/mol. The summed E-state index contributed by atoms with van der Waals surface area (Å²) in [5.74, 6) is -0.616. The van der Waals surface area contributed by atoms with Crippen LogP contribution in [0.5, 0.6) is 0 Å². The summed E-state index contributed by atoms with van der Waals surface area (Å²) >= 11 is 0. The van der Waals surface area contributed by atoms with Gasteiger partial charge in [-0.05, 0) is 116 Å². The fourth-order valence-electron chi connectivity index (χ4n) is 10.1. The molecular weight excluding hydrogens is 1030 g/mol. The normalized spacial score (nSPS) is 13.0. The molecule has 0 aromatic carbocycles. The Balaban J connectivity index is 3.48. The lowest BCUT2D eigenvalue weighted by Gasteiger charge is -2.15. The SMILES string of the molecule is CC/C=C\C/C=C\C/C=C\C/C=C\C/C=C\C/C=C\C/C=C\C/C=C\CCCCCCC(=O)OC(CO)COC(=O)CCCCCCCCCCCCCCCCCCCCCCCCCCCC/C=C\C/C=C\C/C=C\CCCCCCC. The third-order valence-corrected chi connectivity index (χ3v) is 15.4. The Morgan fingerprint density at radius 1 is 0.286 bits per heavy atom. The first-order valence-corrected chi connectivity index (χ1v) is 35.7. The first-order chi connectivity index (χ1) is 41.6. The van der Waals surface area contributed by atoms with Gasteiger partial charge in [0.15, 0.2) is 6.10 Å². The first-order valence-electron chi connectivity index (χ1n) is 35.7. The summed E-state index contributed by atoms with van der Waals surface area (Å²) in [6, 6.07) is 0. The van der Waals surface area contributed by atoms with E-state index in [1.807, 2.05) is 0 Å². The molecular formula is C79H134O5. The Bertz CT molecular complexity index is 1700. The molecule has 1 atom stereocenters. The number of esters is 2. The number of allylic oxidation sites excluding steroid dienone is 22. The fraction of sp³-hybridized carbons (Fsp3) is 0.696. The maximum Gasteiger partial charge on any atom is 0.306 e. The predicted molar refractivity (Wildman–Crippen MR) is 371 cm³/mol. The smallest absolute Gasteiger partial charge is 0.306 e. The Hall–Kier alpha value is -3.96. The lowest BCUT2D eigenvalue weighted by atomic mass is 10.0. The van der Waals surface area contributed by atoms with E-state index >= 15 is 0 Å². The molecule has 0 aliphatic heterocycles. The van der Waals surface area contributed by atoms with E-state index in [-0.39, 0.29) is 25.2 Å². The molecule has 5 heteroatoms. The molecule has 480 valence electrons. The van der Waals surface area contributed by atoms with Gasteiger partial charge in [-0.2, -0.15) is 0 Å². The number of unbranched alkanes of at least 4 members (excludes halogenated alkanes) is 35. The van der Waals surface area contributed by atoms with Gasteiger partial charge < -0.3 is 14.6 Å². The summed E-state index contributed by atoms with van der Waals surface area (Å²) in [6.07, 6.45) is 109. The lowest BCUT2D eigenvalue weighted by molar-refractivity contribution is -0.161. The maximum atomic E-state index is 12.3. The van der Waals surface area contributed by atoms with E-state index in [1.54, 1.807) is 0 Å². The molecule has 0 heterocycles. The molecule has 0 bridgehead atoms. The second-order valence-electron chi connectivity index (χ2n) is 23.6. The molecule has 0 radical (unpaired) electrons. The molecule has 5 nitrogen and oxygen atoms in total. The van der Waals surface area contributed by atoms with Crippen molar-refractivity contribution in [1.29, 1.82) is 0 Å². The van der Waals surface area contributed by atoms with Gasteiger partial charge in [-0.25, -0.2) is 0 Å². The Morgan fingerprint density at radius 3 is 0.774 bits per heavy atom. The molecule has 0 rings (SSSR count). The van der Waals surface area contributed by atoms with Crippen molar-refractivity contribution in [2.75, 3.05) is 13.2 Å². The van der Waals surface area contributed by atoms with E-state index in [0.717, 1.165) is 116 Å². The first kappa shape index (κ1) is 80.0. The van der Waals surface area contributed by atoms with Gasteiger partial charge in [0.25, 0.3) is 0 Å². The van der Waals surface area contributed by atoms with E-state index in [4.69, 9.17) is 9.47 Å². The number of aliphatic hydroxyl groups is 1. The molecule has 0 spiro atoms. The molecule has 0 aliphatic rings. The molecule has 1 unspecified atom stereocenters. The average Bonchev–Trinajstić information content (AvgIpc) is 3.51. The zero-order valence-electron chi connectivity index (χ0n) is 55.1. The molecule has 1 N–H and O–H groups in total. The van der Waals surface area contributed by atoms with Crippen molar-refractivity contribution in [3.8, 4) is 0 Å². The topological polar surface area (TPSA) is 72.8 Å². The minimum absolute atomic E-state index is 0.0809. The second-order valence-corrected chi connectivity index (χ2v) is 23.6. The number of ether oxygens (including phenoxy) is 2. The van der Waals surface area contributed by atoms with Gasteiger partial charge in [0.2, 0.25) is 0 Å². The van der Waals surface area contributed by atoms with Gasteiger partial charge in [0.05, 0.1) is 6.61 Å². The molecule has 0 fully saturated rings. The lowest BCUT2D eigenvalue weighted by Crippen LogP contribution is -2.28. The number of carbonyl (C=O) groups excluding carboxylic acids is 2. The van der Waals surface area contributed by atoms with Crippen molar-refractivity contribution in [2.24, 2.45) is 0 Å². The highest BCUT2D eigenvalue weighted by molar-refractivity contribution is 5.70. The third-order valence-electron chi connectivity index (χ3n) is 15.4. The van der Waals surface area contributed by atoms with Crippen LogP contribution in [0.2, 0.25) is 0 Å². The summed E-state index contributed by atoms with van der Waals surface area (Å²) in [7, 11) is 0. The molecule has 0 saturated carbocycles. The molecule has 0 aliphatic carbocycles. The minimum atomic E-state index is -0.795. The van der Waals surface area contributed by atoms with Crippen LogP contribution >= 0.6 is 0 Å². The minimum Gasteiger partial charge on any atom is -0.462 e. The van der Waals surface area contributed by atoms with E-state index in [0.29, 0.717) is 12.8 Å². The summed E-state index contributed by atoms with van der Waals surface area (Å²) in [4.78, 5) is 24.6. The van der Waals surface area contributed by atoms with Crippen molar-refractivity contribution in [3.05, 3.63) is 134 Å². The van der Waals surface area contributed by atoms with E-state index in [2.05, 4.69) is 148 Å². The number of aliphatic hydroxyl groups excluding tert-OH is 1. The summed E-state index contributed by atoms with van der Waals surface area (Å²) in [5.41, 5.74) is 0. The zero-order chi connectivity index (χ0) is 60.5. The van der Waals surface area contributed by atoms with Gasteiger partial charge in [0, 0.05) is 12.8 Å². The van der Waals surface area contributed by atoms with Gasteiger partial charge in [-0.1, -0.05) is 340 Å². The van der Waals surface area contributed by atoms with Crippen LogP contribution in [0.1, 0.15) is 335 Å². The highest BCUT2D eigenvalue weighted by atomic mass is 16.6. The Kier molecular flexibility index (Phi) is 69.8. The van der Waals surface area contributed by atoms with E-state index in [9.17, 15) is 14.7 Å². The van der Waals surface area contributed by atoms with Crippen LogP contribution in [0, 0.1) is 0 Å². The monoisotopic (exact) mass is 1160 g/mol. The van der Waals surface area contributed by atoms with Crippen molar-refractivity contribution >= 4 is 11.9 Å². The zero-order valence-corrected chi connectivity index (χ0v) is 55.1.